The lowest BCUT2D eigenvalue weighted by atomic mass is 10.1. The Hall–Kier alpha value is -1.71. The van der Waals surface area contributed by atoms with Crippen LogP contribution in [0, 0.1) is 11.6 Å². The number of carbonyl (C=O) groups excluding carboxylic acids is 1. The first-order chi connectivity index (χ1) is 6.09. The van der Waals surface area contributed by atoms with Gasteiger partial charge in [0, 0.05) is 5.56 Å². The molecule has 0 amide bonds. The number of carbonyl (C=O) groups is 1. The molecular formula is C9H4F2O2. The minimum absolute atomic E-state index is 0.0175. The molecule has 0 atom stereocenters. The van der Waals surface area contributed by atoms with E-state index in [1.807, 2.05) is 0 Å². The van der Waals surface area contributed by atoms with E-state index in [-0.39, 0.29) is 16.9 Å². The number of rotatable bonds is 0. The summed E-state index contributed by atoms with van der Waals surface area (Å²) in [4.78, 5) is 11.0. The lowest BCUT2D eigenvalue weighted by Gasteiger charge is -1.95. The molecule has 1 aromatic rings. The van der Waals surface area contributed by atoms with Crippen molar-refractivity contribution in [2.24, 2.45) is 0 Å². The van der Waals surface area contributed by atoms with Crippen LogP contribution in [0.25, 0.3) is 5.76 Å². The molecule has 13 heavy (non-hydrogen) atoms. The highest BCUT2D eigenvalue weighted by molar-refractivity contribution is 6.02. The second-order valence-electron chi connectivity index (χ2n) is 2.62. The number of benzene rings is 1. The number of hydrogen-bond donors (Lipinski definition) is 0. The van der Waals surface area contributed by atoms with Gasteiger partial charge in [0.25, 0.3) is 0 Å². The van der Waals surface area contributed by atoms with Gasteiger partial charge in [0.05, 0.1) is 5.56 Å². The van der Waals surface area contributed by atoms with Gasteiger partial charge in [0.1, 0.15) is 5.76 Å². The van der Waals surface area contributed by atoms with Crippen LogP contribution in [0.15, 0.2) is 18.7 Å². The fourth-order valence-corrected chi connectivity index (χ4v) is 1.17. The summed E-state index contributed by atoms with van der Waals surface area (Å²) in [7, 11) is 0. The van der Waals surface area contributed by atoms with Gasteiger partial charge in [-0.3, -0.25) is 0 Å². The van der Waals surface area contributed by atoms with Gasteiger partial charge in [0.2, 0.25) is 0 Å². The quantitative estimate of drug-likeness (QED) is 0.574. The third-order valence-electron chi connectivity index (χ3n) is 1.80. The summed E-state index contributed by atoms with van der Waals surface area (Å²) in [5.74, 6) is -2.72. The standard InChI is InChI=1S/C9H4F2O2/c1-4-5-2-7(10)8(11)3-6(5)9(12)13-4/h2-3H,1H2. The van der Waals surface area contributed by atoms with Crippen molar-refractivity contribution in [1.29, 1.82) is 0 Å². The molecule has 1 heterocycles. The molecule has 0 unspecified atom stereocenters. The van der Waals surface area contributed by atoms with Crippen molar-refractivity contribution >= 4 is 11.7 Å². The fourth-order valence-electron chi connectivity index (χ4n) is 1.17. The first kappa shape index (κ1) is 7.91. The van der Waals surface area contributed by atoms with Crippen LogP contribution in [0.3, 0.4) is 0 Å². The second-order valence-corrected chi connectivity index (χ2v) is 2.62. The first-order valence-corrected chi connectivity index (χ1v) is 3.50. The van der Waals surface area contributed by atoms with Crippen LogP contribution in [0.1, 0.15) is 15.9 Å². The predicted octanol–water partition coefficient (Wildman–Crippen LogP) is 2.11. The molecule has 0 spiro atoms. The Bertz CT molecular complexity index is 385. The van der Waals surface area contributed by atoms with Crippen molar-refractivity contribution in [1.82, 2.24) is 0 Å². The highest BCUT2D eigenvalue weighted by Gasteiger charge is 2.27. The Morgan fingerprint density at radius 1 is 1.15 bits per heavy atom. The minimum Gasteiger partial charge on any atom is -0.423 e. The number of esters is 1. The van der Waals surface area contributed by atoms with Crippen molar-refractivity contribution in [2.75, 3.05) is 0 Å². The molecule has 0 radical (unpaired) electrons. The molecule has 1 aliphatic heterocycles. The summed E-state index contributed by atoms with van der Waals surface area (Å²) in [6.45, 7) is 3.38. The largest absolute Gasteiger partial charge is 0.423 e. The van der Waals surface area contributed by atoms with Crippen molar-refractivity contribution in [3.63, 3.8) is 0 Å². The van der Waals surface area contributed by atoms with Gasteiger partial charge in [-0.25, -0.2) is 13.6 Å². The van der Waals surface area contributed by atoms with E-state index in [9.17, 15) is 13.6 Å². The molecule has 1 aliphatic rings. The predicted molar refractivity (Wildman–Crippen MR) is 40.8 cm³/mol. The zero-order valence-corrected chi connectivity index (χ0v) is 6.43. The topological polar surface area (TPSA) is 26.3 Å². The lowest BCUT2D eigenvalue weighted by molar-refractivity contribution is 0.0716. The van der Waals surface area contributed by atoms with Gasteiger partial charge in [-0.15, -0.1) is 0 Å². The summed E-state index contributed by atoms with van der Waals surface area (Å²) >= 11 is 0. The molecule has 0 saturated heterocycles. The zero-order chi connectivity index (χ0) is 9.59. The van der Waals surface area contributed by atoms with E-state index in [4.69, 9.17) is 0 Å². The maximum atomic E-state index is 12.7. The molecule has 2 rings (SSSR count). The molecular weight excluding hydrogens is 178 g/mol. The van der Waals surface area contributed by atoms with E-state index in [2.05, 4.69) is 11.3 Å². The van der Waals surface area contributed by atoms with Crippen LogP contribution >= 0.6 is 0 Å². The number of cyclic esters (lactones) is 1. The van der Waals surface area contributed by atoms with Crippen LogP contribution < -0.4 is 0 Å². The molecule has 4 heteroatoms. The van der Waals surface area contributed by atoms with Gasteiger partial charge < -0.3 is 4.74 Å². The number of fused-ring (bicyclic) bond motifs is 1. The molecule has 2 nitrogen and oxygen atoms in total. The van der Waals surface area contributed by atoms with Gasteiger partial charge in [0.15, 0.2) is 11.6 Å². The third-order valence-corrected chi connectivity index (χ3v) is 1.80. The Labute approximate surface area is 72.4 Å². The Balaban J connectivity index is 2.72. The van der Waals surface area contributed by atoms with Gasteiger partial charge in [-0.2, -0.15) is 0 Å². The van der Waals surface area contributed by atoms with E-state index in [1.54, 1.807) is 0 Å². The molecule has 0 bridgehead atoms. The smallest absolute Gasteiger partial charge is 0.344 e. The van der Waals surface area contributed by atoms with Crippen molar-refractivity contribution in [2.45, 2.75) is 0 Å². The normalized spacial score (nSPS) is 14.3. The summed E-state index contributed by atoms with van der Waals surface area (Å²) in [6, 6.07) is 1.71. The number of halogens is 2. The van der Waals surface area contributed by atoms with Crippen LogP contribution in [0.2, 0.25) is 0 Å². The Kier molecular flexibility index (Phi) is 1.45. The van der Waals surface area contributed by atoms with E-state index >= 15 is 0 Å². The average Bonchev–Trinajstić information content (AvgIpc) is 2.31. The third kappa shape index (κ3) is 1.02. The molecule has 0 aliphatic carbocycles. The summed E-state index contributed by atoms with van der Waals surface area (Å²) < 4.78 is 29.9. The van der Waals surface area contributed by atoms with E-state index < -0.39 is 17.6 Å². The maximum absolute atomic E-state index is 12.7. The molecule has 1 aromatic carbocycles. The fraction of sp³-hybridized carbons (Fsp3) is 0. The van der Waals surface area contributed by atoms with Crippen molar-refractivity contribution < 1.29 is 18.3 Å². The highest BCUT2D eigenvalue weighted by Crippen LogP contribution is 2.29. The maximum Gasteiger partial charge on any atom is 0.344 e. The minimum atomic E-state index is -1.06. The number of ether oxygens (including phenoxy) is 1. The van der Waals surface area contributed by atoms with E-state index in [1.165, 1.54) is 0 Å². The summed E-state index contributed by atoms with van der Waals surface area (Å²) in [5.41, 5.74) is 0.229. The Morgan fingerprint density at radius 3 is 2.31 bits per heavy atom. The molecule has 0 aromatic heterocycles. The average molecular weight is 182 g/mol. The monoisotopic (exact) mass is 182 g/mol. The van der Waals surface area contributed by atoms with Gasteiger partial charge >= 0.3 is 5.97 Å². The van der Waals surface area contributed by atoms with E-state index in [0.717, 1.165) is 12.1 Å². The van der Waals surface area contributed by atoms with Crippen LogP contribution in [-0.4, -0.2) is 5.97 Å². The molecule has 0 fully saturated rings. The number of hydrogen-bond acceptors (Lipinski definition) is 2. The SMILES string of the molecule is C=C1OC(=O)c2cc(F)c(F)cc21. The first-order valence-electron chi connectivity index (χ1n) is 3.50. The Morgan fingerprint density at radius 2 is 1.69 bits per heavy atom. The van der Waals surface area contributed by atoms with Crippen LogP contribution in [0.5, 0.6) is 0 Å². The summed E-state index contributed by atoms with van der Waals surface area (Å²) in [5, 5.41) is 0. The van der Waals surface area contributed by atoms with Gasteiger partial charge in [-0.1, -0.05) is 6.58 Å². The van der Waals surface area contributed by atoms with Crippen molar-refractivity contribution in [3.8, 4) is 0 Å². The molecule has 0 N–H and O–H groups in total. The van der Waals surface area contributed by atoms with Crippen LogP contribution in [-0.2, 0) is 4.74 Å². The van der Waals surface area contributed by atoms with Gasteiger partial charge in [-0.05, 0) is 12.1 Å². The van der Waals surface area contributed by atoms with Crippen molar-refractivity contribution in [3.05, 3.63) is 41.5 Å². The zero-order valence-electron chi connectivity index (χ0n) is 6.43. The highest BCUT2D eigenvalue weighted by atomic mass is 19.2. The lowest BCUT2D eigenvalue weighted by Crippen LogP contribution is -1.95. The van der Waals surface area contributed by atoms with E-state index in [0.29, 0.717) is 0 Å². The molecule has 66 valence electrons. The summed E-state index contributed by atoms with van der Waals surface area (Å²) in [6.07, 6.45) is 0. The molecule has 0 saturated carbocycles. The second kappa shape index (κ2) is 2.39. The van der Waals surface area contributed by atoms with Crippen LogP contribution in [0.4, 0.5) is 8.78 Å².